The van der Waals surface area contributed by atoms with E-state index in [-0.39, 0.29) is 5.41 Å². The summed E-state index contributed by atoms with van der Waals surface area (Å²) in [5, 5.41) is 9.22. The highest BCUT2D eigenvalue weighted by Gasteiger charge is 2.48. The average Bonchev–Trinajstić information content (AvgIpc) is 2.17. The van der Waals surface area contributed by atoms with Gasteiger partial charge in [0.15, 0.2) is 0 Å². The van der Waals surface area contributed by atoms with Crippen molar-refractivity contribution in [2.24, 2.45) is 5.41 Å². The van der Waals surface area contributed by atoms with Crippen LogP contribution in [0.25, 0.3) is 0 Å². The lowest BCUT2D eigenvalue weighted by atomic mass is 9.52. The third-order valence-corrected chi connectivity index (χ3v) is 3.49. The summed E-state index contributed by atoms with van der Waals surface area (Å²) >= 11 is 0. The van der Waals surface area contributed by atoms with Gasteiger partial charge in [-0.25, -0.2) is 0 Å². The smallest absolute Gasteiger partial charge is 0.0485 e. The van der Waals surface area contributed by atoms with Gasteiger partial charge < -0.3 is 5.11 Å². The molecule has 1 aliphatic carbocycles. The van der Waals surface area contributed by atoms with Crippen molar-refractivity contribution in [2.45, 2.75) is 32.1 Å². The fourth-order valence-electron chi connectivity index (χ4n) is 2.99. The van der Waals surface area contributed by atoms with Crippen molar-refractivity contribution in [3.05, 3.63) is 35.9 Å². The molecule has 1 aromatic carbocycles. The molecule has 0 bridgehead atoms. The summed E-state index contributed by atoms with van der Waals surface area (Å²) in [5.41, 5.74) is 1.86. The summed E-state index contributed by atoms with van der Waals surface area (Å²) in [6, 6.07) is 10.6. The Morgan fingerprint density at radius 1 is 1.14 bits per heavy atom. The number of hydrogen-bond acceptors (Lipinski definition) is 1. The molecule has 14 heavy (non-hydrogen) atoms. The van der Waals surface area contributed by atoms with Gasteiger partial charge in [0.2, 0.25) is 0 Å². The predicted octanol–water partition coefficient (Wildman–Crippen LogP) is 2.74. The Bertz CT molecular complexity index is 309. The Hall–Kier alpha value is -0.820. The number of aliphatic hydroxyl groups excluding tert-OH is 1. The van der Waals surface area contributed by atoms with Crippen molar-refractivity contribution in [1.29, 1.82) is 0 Å². The second-order valence-corrected chi connectivity index (χ2v) is 5.25. The molecule has 0 spiro atoms. The second-order valence-electron chi connectivity index (χ2n) is 5.25. The average molecular weight is 190 g/mol. The van der Waals surface area contributed by atoms with Gasteiger partial charge in [0.1, 0.15) is 0 Å². The van der Waals surface area contributed by atoms with E-state index < -0.39 is 0 Å². The van der Waals surface area contributed by atoms with Crippen molar-refractivity contribution in [2.75, 3.05) is 6.61 Å². The third kappa shape index (κ3) is 1.46. The SMILES string of the molecule is CC1(CO)CC(C)(c2ccccc2)C1. The van der Waals surface area contributed by atoms with E-state index in [2.05, 4.69) is 44.2 Å². The van der Waals surface area contributed by atoms with Crippen LogP contribution in [0, 0.1) is 5.41 Å². The topological polar surface area (TPSA) is 20.2 Å². The van der Waals surface area contributed by atoms with Gasteiger partial charge in [-0.15, -0.1) is 0 Å². The summed E-state index contributed by atoms with van der Waals surface area (Å²) in [5.74, 6) is 0. The van der Waals surface area contributed by atoms with E-state index in [1.54, 1.807) is 0 Å². The largest absolute Gasteiger partial charge is 0.396 e. The molecule has 0 unspecified atom stereocenters. The maximum absolute atomic E-state index is 9.22. The summed E-state index contributed by atoms with van der Waals surface area (Å²) in [6.07, 6.45) is 2.20. The highest BCUT2D eigenvalue weighted by Crippen LogP contribution is 2.54. The Balaban J connectivity index is 2.15. The molecule has 1 heteroatoms. The van der Waals surface area contributed by atoms with E-state index >= 15 is 0 Å². The van der Waals surface area contributed by atoms with Crippen LogP contribution in [0.15, 0.2) is 30.3 Å². The zero-order valence-corrected chi connectivity index (χ0v) is 8.96. The van der Waals surface area contributed by atoms with Gasteiger partial charge in [-0.05, 0) is 29.2 Å². The molecule has 0 heterocycles. The molecule has 1 fully saturated rings. The van der Waals surface area contributed by atoms with Crippen LogP contribution >= 0.6 is 0 Å². The van der Waals surface area contributed by atoms with Crippen LogP contribution in [0.3, 0.4) is 0 Å². The predicted molar refractivity (Wildman–Crippen MR) is 58.2 cm³/mol. The van der Waals surface area contributed by atoms with E-state index in [4.69, 9.17) is 0 Å². The van der Waals surface area contributed by atoms with Gasteiger partial charge in [-0.3, -0.25) is 0 Å². The minimum Gasteiger partial charge on any atom is -0.396 e. The molecule has 0 aliphatic heterocycles. The molecular formula is C13H18O. The van der Waals surface area contributed by atoms with Gasteiger partial charge >= 0.3 is 0 Å². The molecule has 1 aliphatic rings. The highest BCUT2D eigenvalue weighted by molar-refractivity contribution is 5.29. The maximum Gasteiger partial charge on any atom is 0.0485 e. The third-order valence-electron chi connectivity index (χ3n) is 3.49. The Morgan fingerprint density at radius 2 is 1.71 bits per heavy atom. The van der Waals surface area contributed by atoms with Crippen LogP contribution in [0.4, 0.5) is 0 Å². The Labute approximate surface area is 85.8 Å². The monoisotopic (exact) mass is 190 g/mol. The standard InChI is InChI=1S/C13H18O/c1-12(10-14)8-13(2,9-12)11-6-4-3-5-7-11/h3-7,14H,8-10H2,1-2H3. The van der Waals surface area contributed by atoms with Gasteiger partial charge in [-0.1, -0.05) is 44.2 Å². The van der Waals surface area contributed by atoms with Crippen LogP contribution in [0.2, 0.25) is 0 Å². The molecular weight excluding hydrogens is 172 g/mol. The van der Waals surface area contributed by atoms with Crippen LogP contribution in [0.5, 0.6) is 0 Å². The lowest BCUT2D eigenvalue weighted by Crippen LogP contribution is -2.48. The molecule has 1 nitrogen and oxygen atoms in total. The summed E-state index contributed by atoms with van der Waals surface area (Å²) in [7, 11) is 0. The molecule has 0 radical (unpaired) electrons. The Kier molecular flexibility index (Phi) is 2.15. The van der Waals surface area contributed by atoms with Crippen molar-refractivity contribution in [3.8, 4) is 0 Å². The first-order valence-corrected chi connectivity index (χ1v) is 5.24. The van der Waals surface area contributed by atoms with E-state index in [1.807, 2.05) is 0 Å². The van der Waals surface area contributed by atoms with Gasteiger partial charge in [-0.2, -0.15) is 0 Å². The molecule has 2 rings (SSSR count). The number of aliphatic hydroxyl groups is 1. The first-order valence-electron chi connectivity index (χ1n) is 5.24. The number of benzene rings is 1. The molecule has 1 aromatic rings. The van der Waals surface area contributed by atoms with Crippen molar-refractivity contribution >= 4 is 0 Å². The van der Waals surface area contributed by atoms with Crippen molar-refractivity contribution < 1.29 is 5.11 Å². The molecule has 76 valence electrons. The van der Waals surface area contributed by atoms with Crippen LogP contribution in [0.1, 0.15) is 32.3 Å². The number of hydrogen-bond donors (Lipinski definition) is 1. The molecule has 1 saturated carbocycles. The normalized spacial score (nSPS) is 36.5. The van der Waals surface area contributed by atoms with Crippen molar-refractivity contribution in [1.82, 2.24) is 0 Å². The van der Waals surface area contributed by atoms with E-state index in [0.29, 0.717) is 12.0 Å². The minimum atomic E-state index is 0.157. The van der Waals surface area contributed by atoms with Crippen molar-refractivity contribution in [3.63, 3.8) is 0 Å². The van der Waals surface area contributed by atoms with Gasteiger partial charge in [0, 0.05) is 6.61 Å². The zero-order valence-electron chi connectivity index (χ0n) is 8.96. The van der Waals surface area contributed by atoms with Crippen LogP contribution in [-0.4, -0.2) is 11.7 Å². The fraction of sp³-hybridized carbons (Fsp3) is 0.538. The molecule has 0 saturated heterocycles. The minimum absolute atomic E-state index is 0.157. The molecule has 0 amide bonds. The van der Waals surface area contributed by atoms with Crippen LogP contribution in [-0.2, 0) is 5.41 Å². The number of rotatable bonds is 2. The Morgan fingerprint density at radius 3 is 2.21 bits per heavy atom. The quantitative estimate of drug-likeness (QED) is 0.760. The summed E-state index contributed by atoms with van der Waals surface area (Å²) in [4.78, 5) is 0. The second kappa shape index (κ2) is 3.09. The zero-order chi connectivity index (χ0) is 10.2. The lowest BCUT2D eigenvalue weighted by molar-refractivity contribution is -0.00423. The first kappa shape index (κ1) is 9.72. The maximum atomic E-state index is 9.22. The molecule has 0 atom stereocenters. The van der Waals surface area contributed by atoms with E-state index in [1.165, 1.54) is 5.56 Å². The first-order chi connectivity index (χ1) is 6.58. The highest BCUT2D eigenvalue weighted by atomic mass is 16.3. The van der Waals surface area contributed by atoms with E-state index in [9.17, 15) is 5.11 Å². The fourth-order valence-corrected chi connectivity index (χ4v) is 2.99. The summed E-state index contributed by atoms with van der Waals surface area (Å²) in [6.45, 7) is 4.77. The van der Waals surface area contributed by atoms with Gasteiger partial charge in [0.05, 0.1) is 0 Å². The lowest BCUT2D eigenvalue weighted by Gasteiger charge is -2.52. The van der Waals surface area contributed by atoms with Gasteiger partial charge in [0.25, 0.3) is 0 Å². The summed E-state index contributed by atoms with van der Waals surface area (Å²) < 4.78 is 0. The van der Waals surface area contributed by atoms with Crippen LogP contribution < -0.4 is 0 Å². The molecule has 0 aromatic heterocycles. The molecule has 1 N–H and O–H groups in total. The van der Waals surface area contributed by atoms with E-state index in [0.717, 1.165) is 12.8 Å².